The standard InChI is InChI=1S/C16H25NO3/c1-6-10(2)20-14(19)17-13(18)16-8-7-12(9-16)15(4,5)11(16)3/h10,12H,3,6-9H2,1-2,4-5H3,(H,17,18,19)/t10?,12-,16-/m0/s1. The molecular weight excluding hydrogens is 254 g/mol. The normalized spacial score (nSPS) is 32.0. The van der Waals surface area contributed by atoms with Crippen molar-refractivity contribution >= 4 is 12.0 Å². The van der Waals surface area contributed by atoms with E-state index in [4.69, 9.17) is 4.74 Å². The maximum absolute atomic E-state index is 12.5. The molecule has 0 saturated heterocycles. The number of rotatable bonds is 3. The summed E-state index contributed by atoms with van der Waals surface area (Å²) in [4.78, 5) is 24.3. The number of hydrogen-bond donors (Lipinski definition) is 1. The van der Waals surface area contributed by atoms with E-state index in [0.29, 0.717) is 5.92 Å². The maximum atomic E-state index is 12.5. The molecule has 4 heteroatoms. The Bertz CT molecular complexity index is 455. The van der Waals surface area contributed by atoms with Gasteiger partial charge in [-0.15, -0.1) is 0 Å². The minimum absolute atomic E-state index is 0.0177. The van der Waals surface area contributed by atoms with Gasteiger partial charge in [0.25, 0.3) is 0 Å². The number of ether oxygens (including phenoxy) is 1. The smallest absolute Gasteiger partial charge is 0.414 e. The van der Waals surface area contributed by atoms with Crippen LogP contribution in [-0.2, 0) is 9.53 Å². The van der Waals surface area contributed by atoms with Gasteiger partial charge in [-0.1, -0.05) is 32.9 Å². The molecule has 0 aromatic heterocycles. The van der Waals surface area contributed by atoms with Crippen LogP contribution in [0.25, 0.3) is 0 Å². The zero-order chi connectivity index (χ0) is 15.1. The Morgan fingerprint density at radius 3 is 2.65 bits per heavy atom. The van der Waals surface area contributed by atoms with Crippen LogP contribution in [0.2, 0.25) is 0 Å². The number of carbonyl (C=O) groups excluding carboxylic acids is 2. The summed E-state index contributed by atoms with van der Waals surface area (Å²) < 4.78 is 5.12. The van der Waals surface area contributed by atoms with Crippen molar-refractivity contribution in [3.63, 3.8) is 0 Å². The Morgan fingerprint density at radius 2 is 2.15 bits per heavy atom. The van der Waals surface area contributed by atoms with Gasteiger partial charge in [-0.2, -0.15) is 0 Å². The summed E-state index contributed by atoms with van der Waals surface area (Å²) in [5.74, 6) is 0.259. The van der Waals surface area contributed by atoms with E-state index >= 15 is 0 Å². The molecule has 112 valence electrons. The molecule has 0 radical (unpaired) electrons. The van der Waals surface area contributed by atoms with Gasteiger partial charge in [-0.05, 0) is 43.9 Å². The minimum atomic E-state index is -0.639. The molecule has 2 amide bonds. The fraction of sp³-hybridized carbons (Fsp3) is 0.750. The largest absolute Gasteiger partial charge is 0.446 e. The first kappa shape index (κ1) is 15.1. The summed E-state index contributed by atoms with van der Waals surface area (Å²) in [5.41, 5.74) is 0.383. The van der Waals surface area contributed by atoms with Gasteiger partial charge in [0.05, 0.1) is 5.41 Å². The molecule has 0 aromatic rings. The summed E-state index contributed by atoms with van der Waals surface area (Å²) in [6, 6.07) is 0. The molecular formula is C16H25NO3. The van der Waals surface area contributed by atoms with Gasteiger partial charge in [-0.25, -0.2) is 4.79 Å². The molecule has 0 aromatic carbocycles. The van der Waals surface area contributed by atoms with Crippen LogP contribution in [0.1, 0.15) is 53.4 Å². The Labute approximate surface area is 120 Å². The molecule has 1 N–H and O–H groups in total. The average Bonchev–Trinajstić information content (AvgIpc) is 2.89. The van der Waals surface area contributed by atoms with Crippen molar-refractivity contribution in [3.8, 4) is 0 Å². The van der Waals surface area contributed by atoms with Gasteiger partial charge in [0.15, 0.2) is 0 Å². The van der Waals surface area contributed by atoms with E-state index in [1.807, 2.05) is 13.8 Å². The quantitative estimate of drug-likeness (QED) is 0.805. The molecule has 3 atom stereocenters. The Kier molecular flexibility index (Phi) is 3.69. The lowest BCUT2D eigenvalue weighted by Crippen LogP contribution is -2.44. The first-order valence-electron chi connectivity index (χ1n) is 7.46. The van der Waals surface area contributed by atoms with E-state index < -0.39 is 11.5 Å². The number of carbonyl (C=O) groups is 2. The fourth-order valence-corrected chi connectivity index (χ4v) is 3.65. The maximum Gasteiger partial charge on any atom is 0.414 e. The van der Waals surface area contributed by atoms with Gasteiger partial charge in [0, 0.05) is 0 Å². The number of hydrogen-bond acceptors (Lipinski definition) is 3. The van der Waals surface area contributed by atoms with Crippen molar-refractivity contribution in [1.29, 1.82) is 0 Å². The second-order valence-corrected chi connectivity index (χ2v) is 6.80. The zero-order valence-electron chi connectivity index (χ0n) is 12.9. The predicted molar refractivity (Wildman–Crippen MR) is 77.1 cm³/mol. The molecule has 2 aliphatic rings. The van der Waals surface area contributed by atoms with Crippen LogP contribution in [0.3, 0.4) is 0 Å². The van der Waals surface area contributed by atoms with Crippen LogP contribution in [0.5, 0.6) is 0 Å². The number of alkyl carbamates (subject to hydrolysis) is 1. The van der Waals surface area contributed by atoms with Crippen LogP contribution in [0.15, 0.2) is 12.2 Å². The van der Waals surface area contributed by atoms with Crippen molar-refractivity contribution < 1.29 is 14.3 Å². The number of fused-ring (bicyclic) bond motifs is 2. The van der Waals surface area contributed by atoms with Crippen LogP contribution in [-0.4, -0.2) is 18.1 Å². The molecule has 4 nitrogen and oxygen atoms in total. The molecule has 1 unspecified atom stereocenters. The zero-order valence-corrected chi connectivity index (χ0v) is 12.9. The highest BCUT2D eigenvalue weighted by Crippen LogP contribution is 2.65. The van der Waals surface area contributed by atoms with Crippen molar-refractivity contribution in [2.45, 2.75) is 59.5 Å². The van der Waals surface area contributed by atoms with E-state index in [1.54, 1.807) is 0 Å². The third-order valence-electron chi connectivity index (χ3n) is 5.42. The highest BCUT2D eigenvalue weighted by Gasteiger charge is 2.61. The summed E-state index contributed by atoms with van der Waals surface area (Å²) >= 11 is 0. The third kappa shape index (κ3) is 2.15. The molecule has 20 heavy (non-hydrogen) atoms. The lowest BCUT2D eigenvalue weighted by atomic mass is 9.68. The van der Waals surface area contributed by atoms with Gasteiger partial charge in [0.2, 0.25) is 5.91 Å². The SMILES string of the molecule is C=C1C(C)(C)[C@H]2CC[C@]1(C(=O)NC(=O)OC(C)CC)C2. The Morgan fingerprint density at radius 1 is 1.50 bits per heavy atom. The summed E-state index contributed by atoms with van der Waals surface area (Å²) in [7, 11) is 0. The highest BCUT2D eigenvalue weighted by molar-refractivity contribution is 5.97. The van der Waals surface area contributed by atoms with Crippen LogP contribution >= 0.6 is 0 Å². The number of amides is 2. The van der Waals surface area contributed by atoms with Gasteiger partial charge >= 0.3 is 6.09 Å². The second kappa shape index (κ2) is 4.90. The van der Waals surface area contributed by atoms with Crippen molar-refractivity contribution in [2.75, 3.05) is 0 Å². The van der Waals surface area contributed by atoms with Crippen molar-refractivity contribution in [2.24, 2.45) is 16.7 Å². The molecule has 2 saturated carbocycles. The molecule has 2 fully saturated rings. The first-order valence-corrected chi connectivity index (χ1v) is 7.46. The third-order valence-corrected chi connectivity index (χ3v) is 5.42. The van der Waals surface area contributed by atoms with E-state index in [1.165, 1.54) is 0 Å². The monoisotopic (exact) mass is 279 g/mol. The summed E-state index contributed by atoms with van der Waals surface area (Å²) in [6.45, 7) is 12.2. The Balaban J connectivity index is 2.07. The van der Waals surface area contributed by atoms with Crippen LogP contribution < -0.4 is 5.32 Å². The second-order valence-electron chi connectivity index (χ2n) is 6.80. The molecule has 2 aliphatic carbocycles. The number of nitrogens with one attached hydrogen (secondary N) is 1. The van der Waals surface area contributed by atoms with Crippen molar-refractivity contribution in [1.82, 2.24) is 5.32 Å². The topological polar surface area (TPSA) is 55.4 Å². The highest BCUT2D eigenvalue weighted by atomic mass is 16.6. The van der Waals surface area contributed by atoms with E-state index in [0.717, 1.165) is 31.3 Å². The summed E-state index contributed by atoms with van der Waals surface area (Å²) in [6.07, 6.45) is 2.54. The van der Waals surface area contributed by atoms with Gasteiger partial charge in [0.1, 0.15) is 6.10 Å². The first-order chi connectivity index (χ1) is 9.24. The van der Waals surface area contributed by atoms with Crippen molar-refractivity contribution in [3.05, 3.63) is 12.2 Å². The molecule has 2 bridgehead atoms. The van der Waals surface area contributed by atoms with Gasteiger partial charge < -0.3 is 4.74 Å². The van der Waals surface area contributed by atoms with E-state index in [-0.39, 0.29) is 17.4 Å². The lowest BCUT2D eigenvalue weighted by molar-refractivity contribution is -0.128. The number of imide groups is 1. The van der Waals surface area contributed by atoms with Gasteiger partial charge in [-0.3, -0.25) is 10.1 Å². The lowest BCUT2D eigenvalue weighted by Gasteiger charge is -2.36. The van der Waals surface area contributed by atoms with E-state index in [9.17, 15) is 9.59 Å². The summed E-state index contributed by atoms with van der Waals surface area (Å²) in [5, 5.41) is 2.41. The fourth-order valence-electron chi connectivity index (χ4n) is 3.65. The molecule has 0 spiro atoms. The molecule has 0 heterocycles. The molecule has 0 aliphatic heterocycles. The van der Waals surface area contributed by atoms with Crippen LogP contribution in [0.4, 0.5) is 4.79 Å². The Hall–Kier alpha value is -1.32. The average molecular weight is 279 g/mol. The van der Waals surface area contributed by atoms with Crippen LogP contribution in [0, 0.1) is 16.7 Å². The van der Waals surface area contributed by atoms with E-state index in [2.05, 4.69) is 25.7 Å². The minimum Gasteiger partial charge on any atom is -0.446 e. The predicted octanol–water partition coefficient (Wildman–Crippen LogP) is 3.42. The molecule has 2 rings (SSSR count).